The average Bonchev–Trinajstić information content (AvgIpc) is 3.22. The van der Waals surface area contributed by atoms with Gasteiger partial charge in [-0.25, -0.2) is 17.8 Å². The summed E-state index contributed by atoms with van der Waals surface area (Å²) in [5.41, 5.74) is 0.996. The van der Waals surface area contributed by atoms with Crippen LogP contribution in [-0.4, -0.2) is 68.3 Å². The molecule has 2 heterocycles. The second-order valence-corrected chi connectivity index (χ2v) is 11.8. The van der Waals surface area contributed by atoms with Crippen molar-refractivity contribution in [1.82, 2.24) is 14.2 Å². The summed E-state index contributed by atoms with van der Waals surface area (Å²) >= 11 is 1.25. The highest BCUT2D eigenvalue weighted by Gasteiger charge is 2.31. The molecule has 1 amide bonds. The minimum absolute atomic E-state index is 0. The quantitative estimate of drug-likeness (QED) is 0.437. The predicted molar refractivity (Wildman–Crippen MR) is 141 cm³/mol. The fourth-order valence-electron chi connectivity index (χ4n) is 4.08. The lowest BCUT2D eigenvalue weighted by atomic mass is 10.1. The van der Waals surface area contributed by atoms with Crippen molar-refractivity contribution in [2.24, 2.45) is 0 Å². The molecule has 0 bridgehead atoms. The van der Waals surface area contributed by atoms with Gasteiger partial charge in [0.25, 0.3) is 5.91 Å². The number of carbonyl (C=O) groups is 1. The fourth-order valence-corrected chi connectivity index (χ4v) is 6.79. The van der Waals surface area contributed by atoms with Gasteiger partial charge in [-0.3, -0.25) is 9.69 Å². The van der Waals surface area contributed by atoms with Gasteiger partial charge in [0.2, 0.25) is 10.0 Å². The molecule has 2 aromatic carbocycles. The molecule has 1 aromatic heterocycles. The third-order valence-corrected chi connectivity index (χ3v) is 9.10. The van der Waals surface area contributed by atoms with E-state index in [9.17, 15) is 17.6 Å². The Morgan fingerprint density at radius 1 is 1.14 bits per heavy atom. The number of sulfonamides is 1. The van der Waals surface area contributed by atoms with Gasteiger partial charge < -0.3 is 4.90 Å². The van der Waals surface area contributed by atoms with Crippen molar-refractivity contribution in [1.29, 1.82) is 0 Å². The molecule has 0 saturated carbocycles. The van der Waals surface area contributed by atoms with Crippen LogP contribution in [-0.2, 0) is 10.0 Å². The fraction of sp³-hybridized carbons (Fsp3) is 0.417. The van der Waals surface area contributed by atoms with E-state index in [-0.39, 0.29) is 35.1 Å². The number of hydrogen-bond acceptors (Lipinski definition) is 6. The van der Waals surface area contributed by atoms with Crippen molar-refractivity contribution < 1.29 is 17.6 Å². The first kappa shape index (κ1) is 27.5. The molecule has 1 saturated heterocycles. The Morgan fingerprint density at radius 3 is 2.51 bits per heavy atom. The lowest BCUT2D eigenvalue weighted by Crippen LogP contribution is -2.41. The number of aromatic nitrogens is 1. The average molecular weight is 541 g/mol. The highest BCUT2D eigenvalue weighted by Crippen LogP contribution is 2.31. The molecule has 190 valence electrons. The summed E-state index contributed by atoms with van der Waals surface area (Å²) in [6, 6.07) is 10.4. The number of thiazole rings is 1. The molecule has 1 aliphatic rings. The van der Waals surface area contributed by atoms with Gasteiger partial charge in [-0.1, -0.05) is 17.8 Å². The van der Waals surface area contributed by atoms with Crippen LogP contribution >= 0.6 is 23.7 Å². The lowest BCUT2D eigenvalue weighted by molar-refractivity contribution is 0.0985. The maximum atomic E-state index is 13.7. The first-order chi connectivity index (χ1) is 16.2. The van der Waals surface area contributed by atoms with Gasteiger partial charge >= 0.3 is 0 Å². The van der Waals surface area contributed by atoms with E-state index in [1.165, 1.54) is 35.6 Å². The smallest absolute Gasteiger partial charge is 0.260 e. The third-order valence-electron chi connectivity index (χ3n) is 6.04. The third kappa shape index (κ3) is 6.00. The van der Waals surface area contributed by atoms with Crippen LogP contribution in [0.4, 0.5) is 9.52 Å². The van der Waals surface area contributed by atoms with Crippen LogP contribution in [0.1, 0.15) is 36.5 Å². The van der Waals surface area contributed by atoms with E-state index in [1.807, 2.05) is 25.9 Å². The van der Waals surface area contributed by atoms with Gasteiger partial charge in [0.1, 0.15) is 5.82 Å². The predicted octanol–water partition coefficient (Wildman–Crippen LogP) is 4.63. The van der Waals surface area contributed by atoms with E-state index in [0.717, 1.165) is 19.3 Å². The van der Waals surface area contributed by atoms with Crippen molar-refractivity contribution in [2.45, 2.75) is 37.1 Å². The molecule has 1 atom stereocenters. The van der Waals surface area contributed by atoms with Gasteiger partial charge in [-0.15, -0.1) is 12.4 Å². The maximum absolute atomic E-state index is 13.7. The van der Waals surface area contributed by atoms with Crippen LogP contribution in [0.25, 0.3) is 10.2 Å². The highest BCUT2D eigenvalue weighted by atomic mass is 35.5. The zero-order valence-electron chi connectivity index (χ0n) is 20.0. The molecule has 0 N–H and O–H groups in total. The number of nitrogens with zero attached hydrogens (tertiary/aromatic N) is 4. The Hall–Kier alpha value is -2.11. The topological polar surface area (TPSA) is 73.8 Å². The van der Waals surface area contributed by atoms with Crippen molar-refractivity contribution in [3.8, 4) is 0 Å². The molecular weight excluding hydrogens is 511 g/mol. The number of anilines is 1. The lowest BCUT2D eigenvalue weighted by Gasteiger charge is -2.32. The van der Waals surface area contributed by atoms with Gasteiger partial charge in [0, 0.05) is 31.2 Å². The molecule has 4 rings (SSSR count). The van der Waals surface area contributed by atoms with Gasteiger partial charge in [0.15, 0.2) is 5.13 Å². The van der Waals surface area contributed by atoms with E-state index in [2.05, 4.69) is 4.98 Å². The summed E-state index contributed by atoms with van der Waals surface area (Å²) in [5, 5.41) is 0.478. The number of amides is 1. The Bertz CT molecular complexity index is 1280. The number of carbonyl (C=O) groups excluding carboxylic acids is 1. The van der Waals surface area contributed by atoms with Crippen molar-refractivity contribution in [3.05, 3.63) is 53.8 Å². The summed E-state index contributed by atoms with van der Waals surface area (Å²) in [6.07, 6.45) is 2.73. The molecule has 0 radical (unpaired) electrons. The standard InChI is InChI=1S/C24H29FN4O3S2.ClH/c1-17-6-4-5-13-29(17)34(31,32)20-10-7-18(8-11-20)23(30)28(15-14-27(2)3)24-26-21-12-9-19(25)16-22(21)33-24;/h7-12,16-17H,4-6,13-15H2,1-3H3;1H. The SMILES string of the molecule is CC1CCCCN1S(=O)(=O)c1ccc(C(=O)N(CCN(C)C)c2nc3ccc(F)cc3s2)cc1.Cl. The number of hydrogen-bond donors (Lipinski definition) is 0. The summed E-state index contributed by atoms with van der Waals surface area (Å²) in [7, 11) is 0.216. The number of fused-ring (bicyclic) bond motifs is 1. The molecule has 1 fully saturated rings. The van der Waals surface area contributed by atoms with Gasteiger partial charge in [-0.05, 0) is 76.3 Å². The summed E-state index contributed by atoms with van der Waals surface area (Å²) in [4.78, 5) is 21.7. The molecule has 0 spiro atoms. The maximum Gasteiger partial charge on any atom is 0.260 e. The summed E-state index contributed by atoms with van der Waals surface area (Å²) in [5.74, 6) is -0.634. The molecule has 0 aliphatic carbocycles. The molecule has 3 aromatic rings. The van der Waals surface area contributed by atoms with Gasteiger partial charge in [0.05, 0.1) is 15.1 Å². The van der Waals surface area contributed by atoms with Crippen LogP contribution in [0.5, 0.6) is 0 Å². The zero-order valence-corrected chi connectivity index (χ0v) is 22.4. The monoisotopic (exact) mass is 540 g/mol. The molecular formula is C24H30ClFN4O3S2. The number of halogens is 2. The van der Waals surface area contributed by atoms with Crippen LogP contribution < -0.4 is 4.90 Å². The van der Waals surface area contributed by atoms with E-state index < -0.39 is 10.0 Å². The number of likely N-dealkylation sites (N-methyl/N-ethyl adjacent to an activating group) is 1. The minimum Gasteiger partial charge on any atom is -0.308 e. The second kappa shape index (κ2) is 11.3. The Labute approximate surface area is 216 Å². The Morgan fingerprint density at radius 2 is 1.86 bits per heavy atom. The van der Waals surface area contributed by atoms with Crippen LogP contribution in [0, 0.1) is 5.82 Å². The minimum atomic E-state index is -3.61. The second-order valence-electron chi connectivity index (χ2n) is 8.85. The zero-order chi connectivity index (χ0) is 24.5. The highest BCUT2D eigenvalue weighted by molar-refractivity contribution is 7.89. The van der Waals surface area contributed by atoms with Gasteiger partial charge in [-0.2, -0.15) is 4.31 Å². The number of piperidine rings is 1. The number of benzene rings is 2. The van der Waals surface area contributed by atoms with Crippen LogP contribution in [0.2, 0.25) is 0 Å². The Balaban J connectivity index is 0.00000342. The van der Waals surface area contributed by atoms with E-state index in [4.69, 9.17) is 0 Å². The first-order valence-corrected chi connectivity index (χ1v) is 13.6. The van der Waals surface area contributed by atoms with E-state index in [1.54, 1.807) is 27.4 Å². The van der Waals surface area contributed by atoms with E-state index in [0.29, 0.717) is 40.5 Å². The normalized spacial score (nSPS) is 16.9. The van der Waals surface area contributed by atoms with Crippen molar-refractivity contribution >= 4 is 55.0 Å². The van der Waals surface area contributed by atoms with E-state index >= 15 is 0 Å². The van der Waals surface area contributed by atoms with Crippen molar-refractivity contribution in [2.75, 3.05) is 38.6 Å². The summed E-state index contributed by atoms with van der Waals surface area (Å²) in [6.45, 7) is 3.44. The molecule has 1 unspecified atom stereocenters. The van der Waals surface area contributed by atoms with Crippen LogP contribution in [0.3, 0.4) is 0 Å². The molecule has 7 nitrogen and oxygen atoms in total. The molecule has 1 aliphatic heterocycles. The Kier molecular flexibility index (Phi) is 8.87. The first-order valence-electron chi connectivity index (χ1n) is 11.3. The number of rotatable bonds is 7. The van der Waals surface area contributed by atoms with Crippen molar-refractivity contribution in [3.63, 3.8) is 0 Å². The molecule has 35 heavy (non-hydrogen) atoms. The summed E-state index contributed by atoms with van der Waals surface area (Å²) < 4.78 is 42.1. The van der Waals surface area contributed by atoms with Crippen LogP contribution in [0.15, 0.2) is 47.4 Å². The molecule has 11 heteroatoms. The largest absolute Gasteiger partial charge is 0.308 e.